The molecule has 130 valence electrons. The molecule has 0 aliphatic carbocycles. The third-order valence-corrected chi connectivity index (χ3v) is 5.54. The van der Waals surface area contributed by atoms with E-state index in [2.05, 4.69) is 5.32 Å². The number of halogens is 2. The number of carbonyl (C=O) groups excluding carboxylic acids is 1. The molecule has 0 spiro atoms. The topological polar surface area (TPSA) is 45.5 Å². The zero-order chi connectivity index (χ0) is 17.8. The van der Waals surface area contributed by atoms with Crippen LogP contribution in [0.2, 0.25) is 10.0 Å². The lowest BCUT2D eigenvalue weighted by atomic mass is 10.2. The molecule has 1 N–H and O–H groups in total. The van der Waals surface area contributed by atoms with Gasteiger partial charge >= 0.3 is 6.03 Å². The van der Waals surface area contributed by atoms with Gasteiger partial charge < -0.3 is 14.6 Å². The van der Waals surface area contributed by atoms with Crippen LogP contribution in [-0.2, 0) is 6.54 Å². The van der Waals surface area contributed by atoms with E-state index in [-0.39, 0.29) is 12.1 Å². The SMILES string of the molecule is C[C@@H](c1cccs1)N(Cc1ccco1)C(=O)Nc1ccc(Cl)c(Cl)c1. The lowest BCUT2D eigenvalue weighted by Crippen LogP contribution is -2.36. The van der Waals surface area contributed by atoms with E-state index in [1.807, 2.05) is 30.5 Å². The summed E-state index contributed by atoms with van der Waals surface area (Å²) in [5.41, 5.74) is 0.585. The van der Waals surface area contributed by atoms with Crippen LogP contribution in [0.15, 0.2) is 58.5 Å². The molecule has 0 fully saturated rings. The van der Waals surface area contributed by atoms with Crippen LogP contribution < -0.4 is 5.32 Å². The van der Waals surface area contributed by atoms with Crippen molar-refractivity contribution in [2.45, 2.75) is 19.5 Å². The second kappa shape index (κ2) is 7.95. The number of anilines is 1. The van der Waals surface area contributed by atoms with Gasteiger partial charge in [-0.05, 0) is 48.7 Å². The van der Waals surface area contributed by atoms with Crippen molar-refractivity contribution in [2.75, 3.05) is 5.32 Å². The molecule has 0 aliphatic heterocycles. The maximum absolute atomic E-state index is 12.9. The van der Waals surface area contributed by atoms with Crippen molar-refractivity contribution in [2.24, 2.45) is 0 Å². The van der Waals surface area contributed by atoms with E-state index in [9.17, 15) is 4.79 Å². The van der Waals surface area contributed by atoms with Gasteiger partial charge in [-0.15, -0.1) is 11.3 Å². The number of urea groups is 1. The van der Waals surface area contributed by atoms with Crippen LogP contribution in [0.4, 0.5) is 10.5 Å². The Balaban J connectivity index is 1.82. The zero-order valence-electron chi connectivity index (χ0n) is 13.4. The molecular weight excluding hydrogens is 379 g/mol. The van der Waals surface area contributed by atoms with Crippen LogP contribution in [0.5, 0.6) is 0 Å². The van der Waals surface area contributed by atoms with Gasteiger partial charge in [0.1, 0.15) is 5.76 Å². The van der Waals surface area contributed by atoms with Gasteiger partial charge in [-0.2, -0.15) is 0 Å². The summed E-state index contributed by atoms with van der Waals surface area (Å²) in [7, 11) is 0. The second-order valence-corrected chi connectivity index (χ2v) is 7.25. The van der Waals surface area contributed by atoms with Crippen molar-refractivity contribution in [1.82, 2.24) is 4.90 Å². The van der Waals surface area contributed by atoms with Crippen molar-refractivity contribution in [1.29, 1.82) is 0 Å². The van der Waals surface area contributed by atoms with Crippen LogP contribution in [0.1, 0.15) is 23.6 Å². The monoisotopic (exact) mass is 394 g/mol. The summed E-state index contributed by atoms with van der Waals surface area (Å²) in [6.45, 7) is 2.35. The molecule has 7 heteroatoms. The average Bonchev–Trinajstić information content (AvgIpc) is 3.28. The quantitative estimate of drug-likeness (QED) is 0.540. The number of benzene rings is 1. The van der Waals surface area contributed by atoms with Crippen LogP contribution >= 0.6 is 34.5 Å². The third kappa shape index (κ3) is 4.37. The normalized spacial score (nSPS) is 12.0. The highest BCUT2D eigenvalue weighted by Gasteiger charge is 2.23. The number of nitrogens with zero attached hydrogens (tertiary/aromatic N) is 1. The minimum atomic E-state index is -0.240. The van der Waals surface area contributed by atoms with Crippen molar-refractivity contribution in [3.8, 4) is 0 Å². The summed E-state index contributed by atoms with van der Waals surface area (Å²) in [6.07, 6.45) is 1.60. The van der Waals surface area contributed by atoms with E-state index in [0.29, 0.717) is 28.0 Å². The zero-order valence-corrected chi connectivity index (χ0v) is 15.7. The number of furan rings is 1. The van der Waals surface area contributed by atoms with Gasteiger partial charge in [0.15, 0.2) is 0 Å². The van der Waals surface area contributed by atoms with E-state index >= 15 is 0 Å². The van der Waals surface area contributed by atoms with Crippen molar-refractivity contribution in [3.05, 3.63) is 74.8 Å². The number of hydrogen-bond acceptors (Lipinski definition) is 3. The maximum Gasteiger partial charge on any atom is 0.322 e. The minimum Gasteiger partial charge on any atom is -0.467 e. The third-order valence-electron chi connectivity index (χ3n) is 3.76. The van der Waals surface area contributed by atoms with E-state index in [1.165, 1.54) is 0 Å². The molecule has 25 heavy (non-hydrogen) atoms. The van der Waals surface area contributed by atoms with Gasteiger partial charge in [-0.3, -0.25) is 0 Å². The van der Waals surface area contributed by atoms with Crippen LogP contribution in [0.25, 0.3) is 0 Å². The van der Waals surface area contributed by atoms with Gasteiger partial charge in [0.2, 0.25) is 0 Å². The highest BCUT2D eigenvalue weighted by molar-refractivity contribution is 7.10. The molecule has 0 radical (unpaired) electrons. The first-order valence-electron chi connectivity index (χ1n) is 7.63. The van der Waals surface area contributed by atoms with Gasteiger partial charge in [0.25, 0.3) is 0 Å². The fourth-order valence-corrected chi connectivity index (χ4v) is 3.50. The molecule has 3 aromatic rings. The molecule has 2 amide bonds. The highest BCUT2D eigenvalue weighted by atomic mass is 35.5. The summed E-state index contributed by atoms with van der Waals surface area (Å²) in [6, 6.07) is 12.3. The van der Waals surface area contributed by atoms with Gasteiger partial charge in [-0.25, -0.2) is 4.79 Å². The Morgan fingerprint density at radius 2 is 2.08 bits per heavy atom. The largest absolute Gasteiger partial charge is 0.467 e. The average molecular weight is 395 g/mol. The summed E-state index contributed by atoms with van der Waals surface area (Å²) < 4.78 is 5.41. The van der Waals surface area contributed by atoms with E-state index in [1.54, 1.807) is 46.8 Å². The molecule has 2 heterocycles. The summed E-state index contributed by atoms with van der Waals surface area (Å²) in [4.78, 5) is 15.7. The minimum absolute atomic E-state index is 0.104. The maximum atomic E-state index is 12.9. The van der Waals surface area contributed by atoms with Crippen molar-refractivity contribution in [3.63, 3.8) is 0 Å². The molecule has 1 aromatic carbocycles. The molecule has 2 aromatic heterocycles. The Morgan fingerprint density at radius 1 is 1.24 bits per heavy atom. The Bertz CT molecular complexity index is 835. The van der Waals surface area contributed by atoms with Gasteiger partial charge in [0.05, 0.1) is 28.9 Å². The fourth-order valence-electron chi connectivity index (χ4n) is 2.41. The van der Waals surface area contributed by atoms with Crippen LogP contribution in [0.3, 0.4) is 0 Å². The summed E-state index contributed by atoms with van der Waals surface area (Å²) in [5, 5.41) is 5.70. The Labute approximate surface area is 160 Å². The van der Waals surface area contributed by atoms with Crippen LogP contribution in [0, 0.1) is 0 Å². The number of rotatable bonds is 5. The number of carbonyl (C=O) groups is 1. The smallest absolute Gasteiger partial charge is 0.322 e. The molecule has 3 rings (SSSR count). The first kappa shape index (κ1) is 17.9. The molecule has 0 saturated heterocycles. The number of thiophene rings is 1. The first-order chi connectivity index (χ1) is 12.0. The van der Waals surface area contributed by atoms with Gasteiger partial charge in [0, 0.05) is 10.6 Å². The standard InChI is InChI=1S/C18H16Cl2N2O2S/c1-12(17-5-3-9-25-17)22(11-14-4-2-8-24-14)18(23)21-13-6-7-15(19)16(20)10-13/h2-10,12H,11H2,1H3,(H,21,23)/t12-/m0/s1. The highest BCUT2D eigenvalue weighted by Crippen LogP contribution is 2.29. The molecule has 0 unspecified atom stereocenters. The predicted octanol–water partition coefficient (Wildman–Crippen LogP) is 6.44. The predicted molar refractivity (Wildman–Crippen MR) is 102 cm³/mol. The van der Waals surface area contributed by atoms with Crippen LogP contribution in [-0.4, -0.2) is 10.9 Å². The van der Waals surface area contributed by atoms with Gasteiger partial charge in [-0.1, -0.05) is 29.3 Å². The summed E-state index contributed by atoms with van der Waals surface area (Å²) >= 11 is 13.6. The number of amides is 2. The molecule has 0 aliphatic rings. The second-order valence-electron chi connectivity index (χ2n) is 5.46. The molecule has 4 nitrogen and oxygen atoms in total. The molecule has 0 saturated carbocycles. The lowest BCUT2D eigenvalue weighted by Gasteiger charge is -2.28. The summed E-state index contributed by atoms with van der Waals surface area (Å²) in [5.74, 6) is 0.715. The van der Waals surface area contributed by atoms with E-state index in [4.69, 9.17) is 27.6 Å². The van der Waals surface area contributed by atoms with E-state index in [0.717, 1.165) is 4.88 Å². The first-order valence-corrected chi connectivity index (χ1v) is 9.26. The lowest BCUT2D eigenvalue weighted by molar-refractivity contribution is 0.184. The fraction of sp³-hybridized carbons (Fsp3) is 0.167. The van der Waals surface area contributed by atoms with Crippen molar-refractivity contribution >= 4 is 46.3 Å². The number of hydrogen-bond donors (Lipinski definition) is 1. The Morgan fingerprint density at radius 3 is 2.72 bits per heavy atom. The number of nitrogens with one attached hydrogen (secondary N) is 1. The van der Waals surface area contributed by atoms with E-state index < -0.39 is 0 Å². The molecule has 1 atom stereocenters. The molecular formula is C18H16Cl2N2O2S. The van der Waals surface area contributed by atoms with Crippen molar-refractivity contribution < 1.29 is 9.21 Å². The Hall–Kier alpha value is -1.95. The Kier molecular flexibility index (Phi) is 5.68. The molecule has 0 bridgehead atoms.